The van der Waals surface area contributed by atoms with Crippen LogP contribution in [0, 0.1) is 0 Å². The van der Waals surface area contributed by atoms with Crippen LogP contribution in [0.2, 0.25) is 0 Å². The van der Waals surface area contributed by atoms with Crippen LogP contribution in [0.1, 0.15) is 38.8 Å². The van der Waals surface area contributed by atoms with Crippen molar-refractivity contribution in [2.75, 3.05) is 25.6 Å². The lowest BCUT2D eigenvalue weighted by atomic mass is 10.1. The topological polar surface area (TPSA) is 44.8 Å². The van der Waals surface area contributed by atoms with E-state index in [2.05, 4.69) is 0 Å². The average molecular weight is 483 g/mol. The van der Waals surface area contributed by atoms with E-state index in [-0.39, 0.29) is 6.61 Å². The average Bonchev–Trinajstić information content (AvgIpc) is 2.77. The molecule has 2 aromatic carbocycles. The maximum absolute atomic E-state index is 12.7. The van der Waals surface area contributed by atoms with Crippen LogP contribution in [-0.2, 0) is 22.1 Å². The maximum Gasteiger partial charge on any atom is 0.416 e. The molecular weight excluding hydrogens is 453 g/mol. The second-order valence-electron chi connectivity index (χ2n) is 7.42. The van der Waals surface area contributed by atoms with Crippen molar-refractivity contribution in [3.63, 3.8) is 0 Å². The second-order valence-corrected chi connectivity index (χ2v) is 8.47. The Labute approximate surface area is 197 Å². The van der Waals surface area contributed by atoms with Gasteiger partial charge in [0.05, 0.1) is 12.2 Å². The van der Waals surface area contributed by atoms with E-state index in [1.54, 1.807) is 18.7 Å². The second kappa shape index (κ2) is 12.6. The molecule has 8 heteroatoms. The van der Waals surface area contributed by atoms with Crippen molar-refractivity contribution in [1.82, 2.24) is 0 Å². The number of esters is 1. The van der Waals surface area contributed by atoms with Gasteiger partial charge in [-0.15, -0.1) is 11.8 Å². The highest BCUT2D eigenvalue weighted by Gasteiger charge is 2.30. The number of hydrogen-bond acceptors (Lipinski definition) is 5. The number of carbonyl (C=O) groups excluding carboxylic acids is 1. The lowest BCUT2D eigenvalue weighted by Gasteiger charge is -2.14. The molecule has 180 valence electrons. The van der Waals surface area contributed by atoms with Crippen LogP contribution in [0.15, 0.2) is 58.5 Å². The first kappa shape index (κ1) is 26.6. The fourth-order valence-corrected chi connectivity index (χ4v) is 3.92. The Morgan fingerprint density at radius 2 is 1.67 bits per heavy atom. The molecule has 0 N–H and O–H groups in total. The highest BCUT2D eigenvalue weighted by molar-refractivity contribution is 7.99. The number of halogens is 3. The van der Waals surface area contributed by atoms with Gasteiger partial charge in [-0.3, -0.25) is 0 Å². The fourth-order valence-electron chi connectivity index (χ4n) is 2.81. The van der Waals surface area contributed by atoms with Crippen molar-refractivity contribution in [3.05, 3.63) is 64.7 Å². The van der Waals surface area contributed by atoms with Crippen molar-refractivity contribution in [3.8, 4) is 11.5 Å². The van der Waals surface area contributed by atoms with E-state index < -0.39 is 17.7 Å². The summed E-state index contributed by atoms with van der Waals surface area (Å²) in [7, 11) is 0. The molecule has 0 aliphatic carbocycles. The van der Waals surface area contributed by atoms with Crippen molar-refractivity contribution in [2.24, 2.45) is 0 Å². The number of hydrogen-bond donors (Lipinski definition) is 0. The fraction of sp³-hybridized carbons (Fsp3) is 0.400. The molecule has 0 aromatic heterocycles. The van der Waals surface area contributed by atoms with Crippen molar-refractivity contribution >= 4 is 17.7 Å². The monoisotopic (exact) mass is 482 g/mol. The summed E-state index contributed by atoms with van der Waals surface area (Å²) in [5, 5.41) is 0. The van der Waals surface area contributed by atoms with E-state index in [1.165, 1.54) is 12.1 Å². The molecular formula is C25H29F3O4S. The molecule has 0 bridgehead atoms. The molecule has 2 rings (SSSR count). The molecule has 0 heterocycles. The van der Waals surface area contributed by atoms with E-state index >= 15 is 0 Å². The molecule has 0 radical (unpaired) electrons. The predicted molar refractivity (Wildman–Crippen MR) is 124 cm³/mol. The molecule has 0 spiro atoms. The minimum Gasteiger partial charge on any atom is -0.489 e. The van der Waals surface area contributed by atoms with Gasteiger partial charge in [-0.1, -0.05) is 12.5 Å². The van der Waals surface area contributed by atoms with Crippen LogP contribution in [0.5, 0.6) is 11.5 Å². The number of benzene rings is 2. The van der Waals surface area contributed by atoms with E-state index in [4.69, 9.17) is 14.2 Å². The summed E-state index contributed by atoms with van der Waals surface area (Å²) < 4.78 is 54.3. The van der Waals surface area contributed by atoms with Gasteiger partial charge in [0.1, 0.15) is 18.1 Å². The lowest BCUT2D eigenvalue weighted by Crippen LogP contribution is -2.15. The molecule has 0 unspecified atom stereocenters. The van der Waals surface area contributed by atoms with Crippen LogP contribution < -0.4 is 9.47 Å². The van der Waals surface area contributed by atoms with Crippen molar-refractivity contribution < 1.29 is 32.2 Å². The molecule has 33 heavy (non-hydrogen) atoms. The van der Waals surface area contributed by atoms with Gasteiger partial charge < -0.3 is 14.2 Å². The van der Waals surface area contributed by atoms with Gasteiger partial charge in [0.15, 0.2) is 6.61 Å². The van der Waals surface area contributed by atoms with Gasteiger partial charge >= 0.3 is 12.1 Å². The molecule has 4 nitrogen and oxygen atoms in total. The zero-order valence-electron chi connectivity index (χ0n) is 19.3. The number of rotatable bonds is 11. The Balaban J connectivity index is 1.96. The number of aryl methyl sites for hydroxylation is 1. The molecule has 0 aliphatic heterocycles. The lowest BCUT2D eigenvalue weighted by molar-refractivity contribution is -0.145. The van der Waals surface area contributed by atoms with Crippen LogP contribution in [0.4, 0.5) is 13.2 Å². The summed E-state index contributed by atoms with van der Waals surface area (Å²) in [6.45, 7) is 8.20. The number of carbonyl (C=O) groups is 1. The minimum absolute atomic E-state index is 0.128. The Morgan fingerprint density at radius 1 is 0.970 bits per heavy atom. The number of ether oxygens (including phenoxy) is 3. The molecule has 0 aliphatic rings. The zero-order chi connectivity index (χ0) is 24.4. The van der Waals surface area contributed by atoms with Crippen LogP contribution in [0.25, 0.3) is 0 Å². The summed E-state index contributed by atoms with van der Waals surface area (Å²) in [4.78, 5) is 12.6. The molecule has 0 atom stereocenters. The Hall–Kier alpha value is -2.61. The van der Waals surface area contributed by atoms with Gasteiger partial charge in [0, 0.05) is 10.6 Å². The van der Waals surface area contributed by atoms with Crippen LogP contribution in [0.3, 0.4) is 0 Å². The number of thioether (sulfide) groups is 1. The van der Waals surface area contributed by atoms with Crippen molar-refractivity contribution in [2.45, 2.75) is 45.2 Å². The van der Waals surface area contributed by atoms with E-state index in [9.17, 15) is 18.0 Å². The van der Waals surface area contributed by atoms with Gasteiger partial charge in [-0.2, -0.15) is 13.2 Å². The Bertz CT molecular complexity index is 949. The first-order valence-electron chi connectivity index (χ1n) is 10.6. The highest BCUT2D eigenvalue weighted by Crippen LogP contribution is 2.31. The van der Waals surface area contributed by atoms with Gasteiger partial charge in [-0.25, -0.2) is 4.79 Å². The molecule has 0 saturated heterocycles. The summed E-state index contributed by atoms with van der Waals surface area (Å²) >= 11 is 1.63. The smallest absolute Gasteiger partial charge is 0.416 e. The largest absolute Gasteiger partial charge is 0.489 e. The van der Waals surface area contributed by atoms with Crippen LogP contribution in [-0.4, -0.2) is 31.5 Å². The third-order valence-electron chi connectivity index (χ3n) is 4.78. The van der Waals surface area contributed by atoms with E-state index in [1.807, 2.05) is 39.0 Å². The maximum atomic E-state index is 12.7. The summed E-state index contributed by atoms with van der Waals surface area (Å²) in [6.07, 6.45) is -3.62. The minimum atomic E-state index is -4.36. The molecule has 2 aromatic rings. The van der Waals surface area contributed by atoms with Gasteiger partial charge in [0.25, 0.3) is 0 Å². The predicted octanol–water partition coefficient (Wildman–Crippen LogP) is 6.72. The summed E-state index contributed by atoms with van der Waals surface area (Å²) in [5.74, 6) is 1.32. The molecule has 0 fully saturated rings. The van der Waals surface area contributed by atoms with E-state index in [0.717, 1.165) is 40.2 Å². The first-order chi connectivity index (χ1) is 15.6. The quantitative estimate of drug-likeness (QED) is 0.202. The number of alkyl halides is 3. The van der Waals surface area contributed by atoms with Crippen LogP contribution >= 0.6 is 11.8 Å². The summed E-state index contributed by atoms with van der Waals surface area (Å²) in [6, 6.07) is 10.5. The molecule has 0 amide bonds. The normalized spacial score (nSPS) is 11.1. The summed E-state index contributed by atoms with van der Waals surface area (Å²) in [5.41, 5.74) is 2.44. The van der Waals surface area contributed by atoms with E-state index in [0.29, 0.717) is 30.5 Å². The van der Waals surface area contributed by atoms with Gasteiger partial charge in [0.2, 0.25) is 0 Å². The first-order valence-corrected chi connectivity index (χ1v) is 11.6. The Kier molecular flexibility index (Phi) is 10.2. The SMILES string of the molecule is CCOC(=O)COc1ccc(SCC(COc2ccc(C(F)(F)F)cc2)=C(C)C)cc1CC. The zero-order valence-corrected chi connectivity index (χ0v) is 20.1. The molecule has 0 saturated carbocycles. The highest BCUT2D eigenvalue weighted by atomic mass is 32.2. The Morgan fingerprint density at radius 3 is 2.24 bits per heavy atom. The third-order valence-corrected chi connectivity index (χ3v) is 5.86. The number of allylic oxidation sites excluding steroid dienone is 1. The third kappa shape index (κ3) is 8.68. The standard InChI is InChI=1S/C25H29F3O4S/c1-5-18-13-22(11-12-23(18)32-15-24(29)30-6-2)33-16-19(17(3)4)14-31-21-9-7-20(8-10-21)25(26,27)28/h7-13H,5-6,14-16H2,1-4H3. The van der Waals surface area contributed by atoms with Crippen molar-refractivity contribution in [1.29, 1.82) is 0 Å². The van der Waals surface area contributed by atoms with Gasteiger partial charge in [-0.05, 0) is 80.8 Å².